The van der Waals surface area contributed by atoms with Crippen molar-refractivity contribution in [3.63, 3.8) is 0 Å². The summed E-state index contributed by atoms with van der Waals surface area (Å²) in [5.74, 6) is -1.58. The molecule has 116 valence electrons. The van der Waals surface area contributed by atoms with Crippen LogP contribution < -0.4 is 0 Å². The van der Waals surface area contributed by atoms with Crippen LogP contribution in [0.2, 0.25) is 0 Å². The molecule has 3 aromatic rings. The van der Waals surface area contributed by atoms with Gasteiger partial charge in [0.15, 0.2) is 11.6 Å². The molecule has 0 heterocycles. The molecular formula is C21H18F2. The number of aryl methyl sites for hydroxylation is 3. The number of rotatable bonds is 2. The van der Waals surface area contributed by atoms with E-state index in [1.165, 1.54) is 0 Å². The smallest absolute Gasteiger partial charge is 0.167 e. The van der Waals surface area contributed by atoms with Gasteiger partial charge in [-0.3, -0.25) is 0 Å². The van der Waals surface area contributed by atoms with E-state index in [4.69, 9.17) is 0 Å². The van der Waals surface area contributed by atoms with E-state index < -0.39 is 11.6 Å². The van der Waals surface area contributed by atoms with Crippen molar-refractivity contribution in [2.75, 3.05) is 0 Å². The average Bonchev–Trinajstić information content (AvgIpc) is 2.54. The fourth-order valence-corrected chi connectivity index (χ4v) is 2.77. The summed E-state index contributed by atoms with van der Waals surface area (Å²) in [6, 6.07) is 16.6. The lowest BCUT2D eigenvalue weighted by atomic mass is 9.94. The van der Waals surface area contributed by atoms with Gasteiger partial charge in [0.25, 0.3) is 0 Å². The number of benzene rings is 3. The lowest BCUT2D eigenvalue weighted by Gasteiger charge is -2.13. The van der Waals surface area contributed by atoms with E-state index in [0.29, 0.717) is 22.3 Å². The Bertz CT molecular complexity index is 845. The molecule has 2 heteroatoms. The van der Waals surface area contributed by atoms with Crippen LogP contribution in [-0.4, -0.2) is 0 Å². The largest absolute Gasteiger partial charge is 0.203 e. The maximum absolute atomic E-state index is 14.7. The Morgan fingerprint density at radius 2 is 1.09 bits per heavy atom. The van der Waals surface area contributed by atoms with Crippen LogP contribution in [0.1, 0.15) is 16.7 Å². The highest BCUT2D eigenvalue weighted by atomic mass is 19.2. The molecule has 0 bridgehead atoms. The molecule has 0 aromatic heterocycles. The van der Waals surface area contributed by atoms with Crippen molar-refractivity contribution in [3.8, 4) is 22.3 Å². The maximum atomic E-state index is 14.7. The molecule has 0 N–H and O–H groups in total. The van der Waals surface area contributed by atoms with Crippen LogP contribution in [0, 0.1) is 32.4 Å². The van der Waals surface area contributed by atoms with Gasteiger partial charge in [-0.15, -0.1) is 0 Å². The Labute approximate surface area is 135 Å². The third-order valence-corrected chi connectivity index (χ3v) is 4.11. The lowest BCUT2D eigenvalue weighted by Crippen LogP contribution is -1.97. The van der Waals surface area contributed by atoms with E-state index in [2.05, 4.69) is 0 Å². The predicted octanol–water partition coefficient (Wildman–Crippen LogP) is 6.22. The minimum Gasteiger partial charge on any atom is -0.203 e. The second-order valence-electron chi connectivity index (χ2n) is 5.98. The zero-order chi connectivity index (χ0) is 16.6. The van der Waals surface area contributed by atoms with Crippen LogP contribution in [-0.2, 0) is 0 Å². The minimum atomic E-state index is -0.796. The van der Waals surface area contributed by atoms with Gasteiger partial charge in [-0.2, -0.15) is 0 Å². The molecule has 3 aromatic carbocycles. The molecule has 0 fully saturated rings. The molecule has 0 amide bonds. The summed E-state index contributed by atoms with van der Waals surface area (Å²) in [6.07, 6.45) is 0. The van der Waals surface area contributed by atoms with E-state index in [0.717, 1.165) is 16.7 Å². The van der Waals surface area contributed by atoms with Crippen LogP contribution in [0.3, 0.4) is 0 Å². The van der Waals surface area contributed by atoms with Crippen molar-refractivity contribution in [1.82, 2.24) is 0 Å². The second-order valence-corrected chi connectivity index (χ2v) is 5.98. The Balaban J connectivity index is 2.17. The predicted molar refractivity (Wildman–Crippen MR) is 91.4 cm³/mol. The summed E-state index contributed by atoms with van der Waals surface area (Å²) in [5.41, 5.74) is 4.91. The number of hydrogen-bond acceptors (Lipinski definition) is 0. The molecule has 3 rings (SSSR count). The third kappa shape index (κ3) is 2.89. The summed E-state index contributed by atoms with van der Waals surface area (Å²) in [7, 11) is 0. The normalized spacial score (nSPS) is 10.8. The topological polar surface area (TPSA) is 0 Å². The molecule has 0 aliphatic rings. The number of halogens is 2. The van der Waals surface area contributed by atoms with Gasteiger partial charge < -0.3 is 0 Å². The molecule has 0 saturated heterocycles. The van der Waals surface area contributed by atoms with Gasteiger partial charge in [-0.1, -0.05) is 59.7 Å². The van der Waals surface area contributed by atoms with E-state index in [-0.39, 0.29) is 0 Å². The highest BCUT2D eigenvalue weighted by Gasteiger charge is 2.18. The summed E-state index contributed by atoms with van der Waals surface area (Å²) < 4.78 is 29.3. The van der Waals surface area contributed by atoms with Crippen molar-refractivity contribution < 1.29 is 8.78 Å². The minimum absolute atomic E-state index is 0.302. The van der Waals surface area contributed by atoms with Gasteiger partial charge in [0.1, 0.15) is 0 Å². The first-order valence-electron chi connectivity index (χ1n) is 7.60. The fourth-order valence-electron chi connectivity index (χ4n) is 2.77. The molecule has 0 aliphatic carbocycles. The van der Waals surface area contributed by atoms with Gasteiger partial charge in [0, 0.05) is 11.1 Å². The van der Waals surface area contributed by atoms with E-state index >= 15 is 0 Å². The van der Waals surface area contributed by atoms with Crippen molar-refractivity contribution >= 4 is 0 Å². The van der Waals surface area contributed by atoms with Crippen molar-refractivity contribution in [2.24, 2.45) is 0 Å². The average molecular weight is 308 g/mol. The van der Waals surface area contributed by atoms with Crippen LogP contribution in [0.4, 0.5) is 8.78 Å². The van der Waals surface area contributed by atoms with Crippen molar-refractivity contribution in [2.45, 2.75) is 20.8 Å². The van der Waals surface area contributed by atoms with Crippen molar-refractivity contribution in [1.29, 1.82) is 0 Å². The van der Waals surface area contributed by atoms with Gasteiger partial charge in [0.2, 0.25) is 0 Å². The first-order chi connectivity index (χ1) is 11.0. The van der Waals surface area contributed by atoms with E-state index in [1.807, 2.05) is 69.3 Å². The first-order valence-corrected chi connectivity index (χ1v) is 7.60. The van der Waals surface area contributed by atoms with Crippen molar-refractivity contribution in [3.05, 3.63) is 82.9 Å². The highest BCUT2D eigenvalue weighted by Crippen LogP contribution is 2.34. The second kappa shape index (κ2) is 5.96. The molecule has 0 unspecified atom stereocenters. The van der Waals surface area contributed by atoms with Crippen LogP contribution >= 0.6 is 0 Å². The quantitative estimate of drug-likeness (QED) is 0.527. The summed E-state index contributed by atoms with van der Waals surface area (Å²) in [5, 5.41) is 0. The first kappa shape index (κ1) is 15.4. The highest BCUT2D eigenvalue weighted by molar-refractivity contribution is 5.75. The Hall–Kier alpha value is -2.48. The molecule has 23 heavy (non-hydrogen) atoms. The van der Waals surface area contributed by atoms with Gasteiger partial charge >= 0.3 is 0 Å². The standard InChI is InChI=1S/C21H18F2/c1-13-4-8-16(9-5-13)18-12-15(3)19(21(23)20(18)22)17-10-6-14(2)7-11-17/h4-12H,1-3H3. The molecule has 0 atom stereocenters. The Morgan fingerprint density at radius 3 is 1.61 bits per heavy atom. The van der Waals surface area contributed by atoms with Gasteiger partial charge in [-0.25, -0.2) is 8.78 Å². The summed E-state index contributed by atoms with van der Waals surface area (Å²) in [6.45, 7) is 5.75. The van der Waals surface area contributed by atoms with E-state index in [9.17, 15) is 8.78 Å². The fraction of sp³-hybridized carbons (Fsp3) is 0.143. The Kier molecular flexibility index (Phi) is 3.99. The van der Waals surface area contributed by atoms with Gasteiger partial charge in [0.05, 0.1) is 0 Å². The zero-order valence-electron chi connectivity index (χ0n) is 13.5. The van der Waals surface area contributed by atoms with Crippen LogP contribution in [0.5, 0.6) is 0 Å². The lowest BCUT2D eigenvalue weighted by molar-refractivity contribution is 0.513. The molecule has 0 spiro atoms. The third-order valence-electron chi connectivity index (χ3n) is 4.11. The summed E-state index contributed by atoms with van der Waals surface area (Å²) >= 11 is 0. The molecule has 0 nitrogen and oxygen atoms in total. The van der Waals surface area contributed by atoms with E-state index in [1.54, 1.807) is 6.07 Å². The SMILES string of the molecule is Cc1ccc(-c2cc(C)c(-c3ccc(C)cc3)c(F)c2F)cc1. The van der Waals surface area contributed by atoms with Crippen LogP contribution in [0.25, 0.3) is 22.3 Å². The Morgan fingerprint density at radius 1 is 0.609 bits per heavy atom. The molecule has 0 aliphatic heterocycles. The van der Waals surface area contributed by atoms with Gasteiger partial charge in [-0.05, 0) is 43.5 Å². The summed E-state index contributed by atoms with van der Waals surface area (Å²) in [4.78, 5) is 0. The molecular weight excluding hydrogens is 290 g/mol. The maximum Gasteiger partial charge on any atom is 0.167 e. The number of hydrogen-bond donors (Lipinski definition) is 0. The molecule has 0 saturated carbocycles. The van der Waals surface area contributed by atoms with Crippen LogP contribution in [0.15, 0.2) is 54.6 Å². The zero-order valence-corrected chi connectivity index (χ0v) is 13.5. The monoisotopic (exact) mass is 308 g/mol. The molecule has 0 radical (unpaired) electrons.